The molecule has 0 unspecified atom stereocenters. The molecule has 0 aliphatic carbocycles. The SMILES string of the molecule is Cc1ccc(N(c2cc3oc4c(N(c5ccccc5)c5cccc(-c6ccccc6)n5)ccc5c6ccc(N(c7ccccc7)c7c(-c8ccccc8)ccc8ccccc78)c7oc8cc(-c9ccc%10c(ccc%11cc(-c%12ccccc%12-c%12ccccc%12)ccc%11%10)c9)cc(c(c2)c3c45)c8c76)c2cc(-c3ccc4ccccc4c3)cc3ccccc23)cc1. The number of benzene rings is 20. The van der Waals surface area contributed by atoms with E-state index in [1.54, 1.807) is 0 Å². The molecule has 122 heavy (non-hydrogen) atoms. The molecule has 6 heteroatoms. The normalized spacial score (nSPS) is 11.8. The maximum Gasteiger partial charge on any atom is 0.160 e. The Bertz CT molecular complexity index is 8270. The van der Waals surface area contributed by atoms with E-state index in [2.05, 4.69) is 452 Å². The van der Waals surface area contributed by atoms with Crippen molar-refractivity contribution in [2.45, 2.75) is 6.92 Å². The second-order valence-corrected chi connectivity index (χ2v) is 32.1. The Morgan fingerprint density at radius 2 is 0.672 bits per heavy atom. The molecule has 0 saturated heterocycles. The number of anilines is 9. The highest BCUT2D eigenvalue weighted by atomic mass is 16.3. The van der Waals surface area contributed by atoms with Crippen LogP contribution >= 0.6 is 0 Å². The lowest BCUT2D eigenvalue weighted by molar-refractivity contribution is 0.669. The third kappa shape index (κ3) is 11.7. The van der Waals surface area contributed by atoms with E-state index in [0.29, 0.717) is 5.58 Å². The van der Waals surface area contributed by atoms with E-state index in [1.165, 1.54) is 49.2 Å². The molecular formula is C116H74N4O2. The number of fused-ring (bicyclic) bond motifs is 8. The highest BCUT2D eigenvalue weighted by Crippen LogP contribution is 2.56. The smallest absolute Gasteiger partial charge is 0.160 e. The topological polar surface area (TPSA) is 48.9 Å². The van der Waals surface area contributed by atoms with Crippen LogP contribution in [-0.4, -0.2) is 4.98 Å². The van der Waals surface area contributed by atoms with Crippen LogP contribution < -0.4 is 14.7 Å². The quantitative estimate of drug-likeness (QED) is 0.0954. The molecule has 0 saturated carbocycles. The first kappa shape index (κ1) is 70.1. The van der Waals surface area contributed by atoms with Crippen LogP contribution in [0.3, 0.4) is 0 Å². The van der Waals surface area contributed by atoms with Crippen LogP contribution in [0.1, 0.15) is 5.56 Å². The number of hydrogen-bond donors (Lipinski definition) is 0. The molecule has 21 aromatic carbocycles. The van der Waals surface area contributed by atoms with Crippen LogP contribution in [0, 0.1) is 6.92 Å². The molecule has 0 spiro atoms. The van der Waals surface area contributed by atoms with Gasteiger partial charge in [-0.2, -0.15) is 0 Å². The van der Waals surface area contributed by atoms with E-state index in [9.17, 15) is 0 Å². The minimum absolute atomic E-state index is 0.706. The molecule has 0 fully saturated rings. The van der Waals surface area contributed by atoms with Gasteiger partial charge in [0.2, 0.25) is 0 Å². The van der Waals surface area contributed by atoms with Crippen molar-refractivity contribution >= 4 is 171 Å². The monoisotopic (exact) mass is 1550 g/mol. The number of nitrogens with zero attached hydrogens (tertiary/aromatic N) is 4. The van der Waals surface area contributed by atoms with E-state index < -0.39 is 0 Å². The predicted molar refractivity (Wildman–Crippen MR) is 514 cm³/mol. The summed E-state index contributed by atoms with van der Waals surface area (Å²) in [6.45, 7) is 2.17. The number of pyridine rings is 1. The molecule has 0 aliphatic rings. The van der Waals surface area contributed by atoms with Gasteiger partial charge in [-0.25, -0.2) is 4.98 Å². The van der Waals surface area contributed by atoms with E-state index in [-0.39, 0.29) is 0 Å². The first-order valence-corrected chi connectivity index (χ1v) is 41.8. The summed E-state index contributed by atoms with van der Waals surface area (Å²) in [5.41, 5.74) is 24.8. The van der Waals surface area contributed by atoms with Gasteiger partial charge in [-0.1, -0.05) is 321 Å². The van der Waals surface area contributed by atoms with Crippen LogP contribution in [0.2, 0.25) is 0 Å². The second-order valence-electron chi connectivity index (χ2n) is 32.1. The molecule has 0 radical (unpaired) electrons. The Morgan fingerprint density at radius 3 is 1.34 bits per heavy atom. The average Bonchev–Trinajstić information content (AvgIpc) is 1.45. The van der Waals surface area contributed by atoms with Crippen molar-refractivity contribution in [2.75, 3.05) is 14.7 Å². The zero-order chi connectivity index (χ0) is 80.5. The van der Waals surface area contributed by atoms with E-state index in [1.807, 2.05) is 0 Å². The summed E-state index contributed by atoms with van der Waals surface area (Å²) >= 11 is 0. The maximum atomic E-state index is 8.13. The summed E-state index contributed by atoms with van der Waals surface area (Å²) in [6, 6.07) is 157. The fourth-order valence-corrected chi connectivity index (χ4v) is 19.2. The average molecular weight is 1560 g/mol. The molecule has 570 valence electrons. The fraction of sp³-hybridized carbons (Fsp3) is 0.00862. The Kier molecular flexibility index (Phi) is 16.4. The summed E-state index contributed by atoms with van der Waals surface area (Å²) in [6.07, 6.45) is 0. The lowest BCUT2D eigenvalue weighted by Crippen LogP contribution is -2.12. The zero-order valence-corrected chi connectivity index (χ0v) is 66.6. The number of hydrogen-bond acceptors (Lipinski definition) is 6. The predicted octanol–water partition coefficient (Wildman–Crippen LogP) is 33.1. The van der Waals surface area contributed by atoms with Crippen LogP contribution in [0.25, 0.3) is 186 Å². The molecule has 3 heterocycles. The summed E-state index contributed by atoms with van der Waals surface area (Å²) in [4.78, 5) is 12.8. The third-order valence-corrected chi connectivity index (χ3v) is 24.9. The minimum atomic E-state index is 0.706. The number of furan rings is 2. The van der Waals surface area contributed by atoms with Gasteiger partial charge >= 0.3 is 0 Å². The maximum absolute atomic E-state index is 8.13. The molecule has 0 N–H and O–H groups in total. The molecule has 0 amide bonds. The first-order valence-electron chi connectivity index (χ1n) is 41.8. The van der Waals surface area contributed by atoms with Gasteiger partial charge in [0.25, 0.3) is 0 Å². The molecule has 0 aliphatic heterocycles. The fourth-order valence-electron chi connectivity index (χ4n) is 19.2. The van der Waals surface area contributed by atoms with Gasteiger partial charge in [-0.05, 0) is 231 Å². The summed E-state index contributed by atoms with van der Waals surface area (Å²) in [5, 5.41) is 19.4. The standard InChI is InChI=1S/C116H74N4O2/c1-73-46-55-90(56-47-73)118(106-69-86(67-82-35-20-21-42-96(82)106)80-49-48-74-26-17-18-34-79(74)64-80)91-71-102-101-68-87(81-53-57-94-83(65-81)50-51-84-66-85(54-58-95(84)94)93-41-24-23-40-92(93)75-27-7-2-8-28-75)70-107-110(101)112-100(61-63-105(116(112)121-107)120(89-38-15-6-16-39-89)114-97-43-22-19-31-77(97)52-59-98(114)76-29-9-3-10-30-76)99-60-62-104(115-113(99)111(102)108(72-91)122-115)119(88-36-13-5-14-37-88)109-45-25-44-103(117-109)78-32-11-4-12-33-78/h2-72H,1H3. The van der Waals surface area contributed by atoms with Crippen molar-refractivity contribution in [2.24, 2.45) is 0 Å². The summed E-state index contributed by atoms with van der Waals surface area (Å²) in [5.74, 6) is 0.740. The lowest BCUT2D eigenvalue weighted by atomic mass is 9.90. The number of aryl methyl sites for hydroxylation is 1. The second kappa shape index (κ2) is 28.6. The van der Waals surface area contributed by atoms with E-state index in [4.69, 9.17) is 13.8 Å². The van der Waals surface area contributed by atoms with Gasteiger partial charge in [0, 0.05) is 66.6 Å². The molecular weight excluding hydrogens is 1480 g/mol. The number of rotatable bonds is 15. The van der Waals surface area contributed by atoms with Gasteiger partial charge in [0.1, 0.15) is 17.0 Å². The van der Waals surface area contributed by atoms with Crippen molar-refractivity contribution < 1.29 is 8.83 Å². The van der Waals surface area contributed by atoms with Crippen molar-refractivity contribution in [1.82, 2.24) is 4.98 Å². The molecule has 0 atom stereocenters. The molecule has 6 nitrogen and oxygen atoms in total. The highest BCUT2D eigenvalue weighted by Gasteiger charge is 2.32. The minimum Gasteiger partial charge on any atom is -0.454 e. The Morgan fingerprint density at radius 1 is 0.213 bits per heavy atom. The molecule has 3 aromatic heterocycles. The number of para-hydroxylation sites is 2. The van der Waals surface area contributed by atoms with Crippen LogP contribution in [0.5, 0.6) is 0 Å². The van der Waals surface area contributed by atoms with Crippen LogP contribution in [0.15, 0.2) is 440 Å². The van der Waals surface area contributed by atoms with Crippen molar-refractivity contribution in [3.8, 4) is 66.9 Å². The van der Waals surface area contributed by atoms with Gasteiger partial charge < -0.3 is 18.6 Å². The highest BCUT2D eigenvalue weighted by molar-refractivity contribution is 6.39. The van der Waals surface area contributed by atoms with Gasteiger partial charge in [0.05, 0.1) is 34.1 Å². The molecule has 24 rings (SSSR count). The van der Waals surface area contributed by atoms with Gasteiger partial charge in [0.15, 0.2) is 11.2 Å². The Hall–Kier alpha value is -16.2. The summed E-state index contributed by atoms with van der Waals surface area (Å²) in [7, 11) is 0. The lowest BCUT2D eigenvalue weighted by Gasteiger charge is -2.29. The number of aromatic nitrogens is 1. The zero-order valence-electron chi connectivity index (χ0n) is 66.6. The van der Waals surface area contributed by atoms with Crippen molar-refractivity contribution in [1.29, 1.82) is 0 Å². The van der Waals surface area contributed by atoms with Gasteiger partial charge in [-0.15, -0.1) is 0 Å². The van der Waals surface area contributed by atoms with Crippen LogP contribution in [-0.2, 0) is 0 Å². The van der Waals surface area contributed by atoms with Gasteiger partial charge in [-0.3, -0.25) is 4.90 Å². The van der Waals surface area contributed by atoms with Crippen LogP contribution in [0.4, 0.5) is 51.3 Å². The van der Waals surface area contributed by atoms with E-state index >= 15 is 0 Å². The van der Waals surface area contributed by atoms with Crippen molar-refractivity contribution in [3.05, 3.63) is 436 Å². The third-order valence-electron chi connectivity index (χ3n) is 24.9. The molecule has 0 bridgehead atoms. The molecule has 24 aromatic rings. The Balaban J connectivity index is 0.830. The van der Waals surface area contributed by atoms with E-state index in [0.717, 1.165) is 188 Å². The Labute approximate surface area is 704 Å². The van der Waals surface area contributed by atoms with Crippen molar-refractivity contribution in [3.63, 3.8) is 0 Å². The largest absolute Gasteiger partial charge is 0.454 e. The first-order chi connectivity index (χ1) is 60.4. The summed E-state index contributed by atoms with van der Waals surface area (Å²) < 4.78 is 16.2.